The zero-order valence-corrected chi connectivity index (χ0v) is 14.2. The van der Waals surface area contributed by atoms with Crippen LogP contribution in [0.15, 0.2) is 12.1 Å². The highest BCUT2D eigenvalue weighted by atomic mass is 35.5. The number of ether oxygens (including phenoxy) is 3. The maximum Gasteiger partial charge on any atom is 0.162 e. The van der Waals surface area contributed by atoms with Gasteiger partial charge in [-0.25, -0.2) is 0 Å². The van der Waals surface area contributed by atoms with E-state index in [0.717, 1.165) is 49.5 Å². The largest absolute Gasteiger partial charge is 0.490 e. The summed E-state index contributed by atoms with van der Waals surface area (Å²) < 4.78 is 17.0. The minimum atomic E-state index is 0.331. The summed E-state index contributed by atoms with van der Waals surface area (Å²) in [6, 6.07) is 3.82. The number of halogens is 1. The Morgan fingerprint density at radius 2 is 2.09 bits per heavy atom. The average molecular weight is 328 g/mol. The molecular formula is C17H26ClNO3. The van der Waals surface area contributed by atoms with Crippen molar-refractivity contribution in [3.05, 3.63) is 22.7 Å². The third-order valence-corrected chi connectivity index (χ3v) is 3.94. The minimum Gasteiger partial charge on any atom is -0.490 e. The maximum absolute atomic E-state index is 6.37. The van der Waals surface area contributed by atoms with Crippen LogP contribution in [-0.4, -0.2) is 32.5 Å². The van der Waals surface area contributed by atoms with E-state index in [1.54, 1.807) is 0 Å². The number of hydrogen-bond donors (Lipinski definition) is 1. The molecule has 124 valence electrons. The fraction of sp³-hybridized carbons (Fsp3) is 0.647. The summed E-state index contributed by atoms with van der Waals surface area (Å²) in [6.07, 6.45) is 3.57. The molecule has 1 aromatic carbocycles. The fourth-order valence-electron chi connectivity index (χ4n) is 2.48. The van der Waals surface area contributed by atoms with Crippen LogP contribution in [0.1, 0.15) is 38.7 Å². The summed E-state index contributed by atoms with van der Waals surface area (Å²) in [5.74, 6) is 1.48. The van der Waals surface area contributed by atoms with Crippen molar-refractivity contribution >= 4 is 11.6 Å². The van der Waals surface area contributed by atoms with E-state index in [2.05, 4.69) is 12.2 Å². The van der Waals surface area contributed by atoms with Gasteiger partial charge in [-0.15, -0.1) is 0 Å². The molecule has 0 bridgehead atoms. The van der Waals surface area contributed by atoms with Crippen LogP contribution >= 0.6 is 11.6 Å². The van der Waals surface area contributed by atoms with Gasteiger partial charge in [0.1, 0.15) is 0 Å². The molecule has 1 aliphatic rings. The minimum absolute atomic E-state index is 0.331. The van der Waals surface area contributed by atoms with Crippen LogP contribution < -0.4 is 14.8 Å². The van der Waals surface area contributed by atoms with Crippen molar-refractivity contribution < 1.29 is 14.2 Å². The Balaban J connectivity index is 1.98. The van der Waals surface area contributed by atoms with E-state index in [1.807, 2.05) is 19.1 Å². The summed E-state index contributed by atoms with van der Waals surface area (Å²) in [7, 11) is 0. The van der Waals surface area contributed by atoms with E-state index >= 15 is 0 Å². The molecule has 0 saturated carbocycles. The molecule has 22 heavy (non-hydrogen) atoms. The van der Waals surface area contributed by atoms with Crippen molar-refractivity contribution in [2.75, 3.05) is 26.4 Å². The van der Waals surface area contributed by atoms with Gasteiger partial charge in [-0.3, -0.25) is 0 Å². The van der Waals surface area contributed by atoms with Gasteiger partial charge in [0.15, 0.2) is 11.5 Å². The van der Waals surface area contributed by atoms with Crippen LogP contribution in [0.5, 0.6) is 11.5 Å². The van der Waals surface area contributed by atoms with E-state index in [9.17, 15) is 0 Å². The Kier molecular flexibility index (Phi) is 7.30. The topological polar surface area (TPSA) is 39.7 Å². The Hall–Kier alpha value is -0.970. The molecule has 1 unspecified atom stereocenters. The molecule has 1 aliphatic heterocycles. The van der Waals surface area contributed by atoms with Crippen molar-refractivity contribution in [2.45, 2.75) is 45.8 Å². The molecule has 0 radical (unpaired) electrons. The second-order valence-electron chi connectivity index (χ2n) is 5.44. The molecule has 1 aromatic rings. The number of hydrogen-bond acceptors (Lipinski definition) is 4. The van der Waals surface area contributed by atoms with Crippen LogP contribution in [0.2, 0.25) is 5.02 Å². The Morgan fingerprint density at radius 1 is 1.27 bits per heavy atom. The van der Waals surface area contributed by atoms with Crippen molar-refractivity contribution in [1.82, 2.24) is 5.32 Å². The Labute approximate surface area is 138 Å². The molecule has 1 atom stereocenters. The molecule has 5 heteroatoms. The standard InChI is InChI=1S/C17H26ClNO3/c1-3-7-22-17-10-15(18)13(9-16(17)20-4-2)11-19-12-14-6-5-8-21-14/h9-10,14,19H,3-8,11-12H2,1-2H3. The van der Waals surface area contributed by atoms with Gasteiger partial charge < -0.3 is 19.5 Å². The fourth-order valence-corrected chi connectivity index (χ4v) is 2.70. The Bertz CT molecular complexity index is 461. The maximum atomic E-state index is 6.37. The van der Waals surface area contributed by atoms with Crippen molar-refractivity contribution in [2.24, 2.45) is 0 Å². The second-order valence-corrected chi connectivity index (χ2v) is 5.84. The average Bonchev–Trinajstić information content (AvgIpc) is 3.02. The predicted molar refractivity (Wildman–Crippen MR) is 89.1 cm³/mol. The van der Waals surface area contributed by atoms with Gasteiger partial charge in [0.25, 0.3) is 0 Å². The van der Waals surface area contributed by atoms with Crippen molar-refractivity contribution in [3.63, 3.8) is 0 Å². The van der Waals surface area contributed by atoms with Gasteiger partial charge in [0.05, 0.1) is 19.3 Å². The van der Waals surface area contributed by atoms with Crippen LogP contribution in [0.25, 0.3) is 0 Å². The molecule has 0 aliphatic carbocycles. The molecule has 4 nitrogen and oxygen atoms in total. The molecule has 2 rings (SSSR count). The lowest BCUT2D eigenvalue weighted by molar-refractivity contribution is 0.110. The highest BCUT2D eigenvalue weighted by Crippen LogP contribution is 2.33. The van der Waals surface area contributed by atoms with E-state index in [0.29, 0.717) is 30.9 Å². The number of nitrogens with one attached hydrogen (secondary N) is 1. The molecule has 1 fully saturated rings. The monoisotopic (exact) mass is 327 g/mol. The highest BCUT2D eigenvalue weighted by molar-refractivity contribution is 6.31. The molecule has 0 spiro atoms. The van der Waals surface area contributed by atoms with Gasteiger partial charge in [-0.1, -0.05) is 18.5 Å². The third kappa shape index (κ3) is 5.04. The van der Waals surface area contributed by atoms with Gasteiger partial charge >= 0.3 is 0 Å². The zero-order chi connectivity index (χ0) is 15.8. The first-order chi connectivity index (χ1) is 10.7. The first-order valence-electron chi connectivity index (χ1n) is 8.15. The molecule has 0 amide bonds. The van der Waals surface area contributed by atoms with Gasteiger partial charge in [-0.05, 0) is 37.8 Å². The normalized spacial score (nSPS) is 17.7. The van der Waals surface area contributed by atoms with Crippen LogP contribution in [0, 0.1) is 0 Å². The lowest BCUT2D eigenvalue weighted by Gasteiger charge is -2.16. The quantitative estimate of drug-likeness (QED) is 0.749. The summed E-state index contributed by atoms with van der Waals surface area (Å²) in [6.45, 7) is 7.74. The van der Waals surface area contributed by atoms with Crippen LogP contribution in [0.4, 0.5) is 0 Å². The summed E-state index contributed by atoms with van der Waals surface area (Å²) in [5, 5.41) is 4.11. The molecule has 1 N–H and O–H groups in total. The summed E-state index contributed by atoms with van der Waals surface area (Å²) in [4.78, 5) is 0. The molecule has 0 aromatic heterocycles. The first-order valence-corrected chi connectivity index (χ1v) is 8.52. The second kappa shape index (κ2) is 9.23. The third-order valence-electron chi connectivity index (χ3n) is 3.59. The van der Waals surface area contributed by atoms with Crippen molar-refractivity contribution in [1.29, 1.82) is 0 Å². The first kappa shape index (κ1) is 17.4. The van der Waals surface area contributed by atoms with E-state index in [1.165, 1.54) is 0 Å². The van der Waals surface area contributed by atoms with Crippen LogP contribution in [0.3, 0.4) is 0 Å². The Morgan fingerprint density at radius 3 is 2.77 bits per heavy atom. The highest BCUT2D eigenvalue weighted by Gasteiger charge is 2.15. The lowest BCUT2D eigenvalue weighted by Crippen LogP contribution is -2.25. The molecule has 1 saturated heterocycles. The van der Waals surface area contributed by atoms with Gasteiger partial charge in [-0.2, -0.15) is 0 Å². The molecular weight excluding hydrogens is 302 g/mol. The number of benzene rings is 1. The van der Waals surface area contributed by atoms with E-state index in [4.69, 9.17) is 25.8 Å². The van der Waals surface area contributed by atoms with Crippen LogP contribution in [-0.2, 0) is 11.3 Å². The van der Waals surface area contributed by atoms with Gasteiger partial charge in [0, 0.05) is 30.8 Å². The van der Waals surface area contributed by atoms with Gasteiger partial charge in [0.2, 0.25) is 0 Å². The number of rotatable bonds is 9. The zero-order valence-electron chi connectivity index (χ0n) is 13.5. The lowest BCUT2D eigenvalue weighted by atomic mass is 10.2. The summed E-state index contributed by atoms with van der Waals surface area (Å²) >= 11 is 6.37. The summed E-state index contributed by atoms with van der Waals surface area (Å²) in [5.41, 5.74) is 1.02. The predicted octanol–water partition coefficient (Wildman–Crippen LogP) is 3.80. The molecule has 1 heterocycles. The smallest absolute Gasteiger partial charge is 0.162 e. The van der Waals surface area contributed by atoms with Crippen molar-refractivity contribution in [3.8, 4) is 11.5 Å². The van der Waals surface area contributed by atoms with E-state index < -0.39 is 0 Å². The SMILES string of the molecule is CCCOc1cc(Cl)c(CNCC2CCCO2)cc1OCC. The van der Waals surface area contributed by atoms with E-state index in [-0.39, 0.29) is 0 Å².